The number of hydrogen-bond acceptors (Lipinski definition) is 4. The molecule has 0 saturated heterocycles. The van der Waals surface area contributed by atoms with E-state index in [4.69, 9.17) is 5.73 Å². The minimum atomic E-state index is 0.220. The van der Waals surface area contributed by atoms with Crippen LogP contribution in [0.2, 0.25) is 0 Å². The number of carbonyl (C=O) groups is 1. The number of nitrogens with zero attached hydrogens (tertiary/aromatic N) is 2. The molecule has 0 spiro atoms. The highest BCUT2D eigenvalue weighted by atomic mass is 32.2. The molecule has 21 heavy (non-hydrogen) atoms. The highest BCUT2D eigenvalue weighted by Crippen LogP contribution is 2.27. The zero-order chi connectivity index (χ0) is 15.2. The van der Waals surface area contributed by atoms with E-state index in [1.807, 2.05) is 6.07 Å². The summed E-state index contributed by atoms with van der Waals surface area (Å²) in [6, 6.07) is 2.55. The third-order valence-corrected chi connectivity index (χ3v) is 5.05. The van der Waals surface area contributed by atoms with E-state index >= 15 is 0 Å². The van der Waals surface area contributed by atoms with Crippen molar-refractivity contribution in [3.63, 3.8) is 0 Å². The van der Waals surface area contributed by atoms with Crippen molar-refractivity contribution in [1.82, 2.24) is 9.88 Å². The molecule has 0 radical (unpaired) electrons. The summed E-state index contributed by atoms with van der Waals surface area (Å²) in [5.41, 5.74) is 6.52. The fourth-order valence-electron chi connectivity index (χ4n) is 3.01. The molecule has 0 aromatic carbocycles. The third kappa shape index (κ3) is 4.37. The summed E-state index contributed by atoms with van der Waals surface area (Å²) in [6.45, 7) is 4.22. The van der Waals surface area contributed by atoms with Crippen molar-refractivity contribution in [2.24, 2.45) is 0 Å². The molecule has 1 heterocycles. The molecule has 1 aromatic heterocycles. The number of hydrogen-bond donors (Lipinski definition) is 1. The van der Waals surface area contributed by atoms with Gasteiger partial charge in [-0.3, -0.25) is 9.78 Å². The van der Waals surface area contributed by atoms with Crippen molar-refractivity contribution in [2.45, 2.75) is 62.9 Å². The van der Waals surface area contributed by atoms with Crippen LogP contribution >= 0.6 is 11.8 Å². The fraction of sp³-hybridized carbons (Fsp3) is 0.625. The van der Waals surface area contributed by atoms with Gasteiger partial charge in [0.25, 0.3) is 0 Å². The Hall–Kier alpha value is -1.23. The molecule has 1 aliphatic carbocycles. The van der Waals surface area contributed by atoms with E-state index in [1.165, 1.54) is 31.0 Å². The average molecular weight is 307 g/mol. The van der Waals surface area contributed by atoms with Crippen LogP contribution in [0.15, 0.2) is 23.4 Å². The number of thioether (sulfide) groups is 1. The molecule has 1 saturated carbocycles. The standard InChI is InChI=1S/C16H25N3OS/c1-12(2)19(13-6-4-3-5-7-13)16(20)11-21-15-8-9-18-10-14(15)17/h8-10,12-13H,3-7,11,17H2,1-2H3. The van der Waals surface area contributed by atoms with E-state index in [9.17, 15) is 4.79 Å². The van der Waals surface area contributed by atoms with Gasteiger partial charge in [0.1, 0.15) is 0 Å². The minimum Gasteiger partial charge on any atom is -0.397 e. The van der Waals surface area contributed by atoms with Crippen LogP contribution in [0.25, 0.3) is 0 Å². The minimum absolute atomic E-state index is 0.220. The fourth-order valence-corrected chi connectivity index (χ4v) is 3.82. The lowest BCUT2D eigenvalue weighted by Crippen LogP contribution is -2.46. The summed E-state index contributed by atoms with van der Waals surface area (Å²) >= 11 is 1.51. The molecule has 0 aliphatic heterocycles. The third-order valence-electron chi connectivity index (χ3n) is 3.97. The Kier molecular flexibility index (Phi) is 5.91. The second-order valence-electron chi connectivity index (χ2n) is 5.89. The topological polar surface area (TPSA) is 59.2 Å². The summed E-state index contributed by atoms with van der Waals surface area (Å²) in [7, 11) is 0. The van der Waals surface area contributed by atoms with E-state index in [0.29, 0.717) is 17.5 Å². The van der Waals surface area contributed by atoms with Gasteiger partial charge in [-0.1, -0.05) is 19.3 Å². The van der Waals surface area contributed by atoms with Crippen LogP contribution < -0.4 is 5.73 Å². The predicted octanol–water partition coefficient (Wildman–Crippen LogP) is 3.33. The second-order valence-corrected chi connectivity index (χ2v) is 6.91. The van der Waals surface area contributed by atoms with Gasteiger partial charge in [-0.25, -0.2) is 0 Å². The van der Waals surface area contributed by atoms with Gasteiger partial charge in [-0.15, -0.1) is 11.8 Å². The van der Waals surface area contributed by atoms with Crippen LogP contribution in [0.4, 0.5) is 5.69 Å². The number of nitrogen functional groups attached to an aromatic ring is 1. The molecule has 1 aromatic rings. The Bertz CT molecular complexity index is 472. The summed E-state index contributed by atoms with van der Waals surface area (Å²) in [5.74, 6) is 0.668. The van der Waals surface area contributed by atoms with Gasteiger partial charge >= 0.3 is 0 Å². The van der Waals surface area contributed by atoms with Crippen molar-refractivity contribution in [1.29, 1.82) is 0 Å². The lowest BCUT2D eigenvalue weighted by Gasteiger charge is -2.37. The monoisotopic (exact) mass is 307 g/mol. The van der Waals surface area contributed by atoms with Gasteiger partial charge in [0.05, 0.1) is 17.6 Å². The van der Waals surface area contributed by atoms with Crippen LogP contribution in [0, 0.1) is 0 Å². The first-order chi connectivity index (χ1) is 10.1. The highest BCUT2D eigenvalue weighted by Gasteiger charge is 2.27. The van der Waals surface area contributed by atoms with Gasteiger partial charge in [0.15, 0.2) is 0 Å². The average Bonchev–Trinajstić information content (AvgIpc) is 2.47. The Morgan fingerprint density at radius 1 is 1.43 bits per heavy atom. The van der Waals surface area contributed by atoms with Gasteiger partial charge in [-0.05, 0) is 32.8 Å². The first kappa shape index (κ1) is 16.1. The lowest BCUT2D eigenvalue weighted by atomic mass is 9.93. The van der Waals surface area contributed by atoms with Crippen molar-refractivity contribution < 1.29 is 4.79 Å². The van der Waals surface area contributed by atoms with E-state index in [-0.39, 0.29) is 11.9 Å². The number of pyridine rings is 1. The normalized spacial score (nSPS) is 16.1. The SMILES string of the molecule is CC(C)N(C(=O)CSc1ccncc1N)C1CCCCC1. The quantitative estimate of drug-likeness (QED) is 0.848. The zero-order valence-electron chi connectivity index (χ0n) is 12.9. The van der Waals surface area contributed by atoms with E-state index in [0.717, 1.165) is 17.7 Å². The van der Waals surface area contributed by atoms with Crippen LogP contribution in [0.1, 0.15) is 46.0 Å². The van der Waals surface area contributed by atoms with E-state index in [1.54, 1.807) is 12.4 Å². The molecule has 0 bridgehead atoms. The molecule has 2 N–H and O–H groups in total. The maximum atomic E-state index is 12.6. The molecular weight excluding hydrogens is 282 g/mol. The maximum absolute atomic E-state index is 12.6. The van der Waals surface area contributed by atoms with Gasteiger partial charge in [0.2, 0.25) is 5.91 Å². The van der Waals surface area contributed by atoms with Crippen molar-refractivity contribution in [3.8, 4) is 0 Å². The Labute approximate surface area is 131 Å². The number of nitrogens with two attached hydrogens (primary N) is 1. The maximum Gasteiger partial charge on any atom is 0.233 e. The first-order valence-electron chi connectivity index (χ1n) is 7.73. The Morgan fingerprint density at radius 3 is 2.76 bits per heavy atom. The zero-order valence-corrected chi connectivity index (χ0v) is 13.7. The summed E-state index contributed by atoms with van der Waals surface area (Å²) in [5, 5.41) is 0. The number of amides is 1. The number of rotatable bonds is 5. The summed E-state index contributed by atoms with van der Waals surface area (Å²) in [6.07, 6.45) is 9.42. The van der Waals surface area contributed by atoms with Crippen LogP contribution in [0.5, 0.6) is 0 Å². The molecule has 0 atom stereocenters. The Morgan fingerprint density at radius 2 is 2.14 bits per heavy atom. The van der Waals surface area contributed by atoms with Crippen molar-refractivity contribution in [2.75, 3.05) is 11.5 Å². The van der Waals surface area contributed by atoms with Crippen molar-refractivity contribution in [3.05, 3.63) is 18.5 Å². The summed E-state index contributed by atoms with van der Waals surface area (Å²) < 4.78 is 0. The largest absolute Gasteiger partial charge is 0.397 e. The van der Waals surface area contributed by atoms with Gasteiger partial charge < -0.3 is 10.6 Å². The number of carbonyl (C=O) groups excluding carboxylic acids is 1. The molecule has 1 amide bonds. The first-order valence-corrected chi connectivity index (χ1v) is 8.71. The van der Waals surface area contributed by atoms with Crippen LogP contribution in [-0.2, 0) is 4.79 Å². The molecule has 4 nitrogen and oxygen atoms in total. The summed E-state index contributed by atoms with van der Waals surface area (Å²) in [4.78, 5) is 19.6. The molecule has 1 fully saturated rings. The van der Waals surface area contributed by atoms with Crippen LogP contribution in [0.3, 0.4) is 0 Å². The molecule has 2 rings (SSSR count). The molecule has 1 aliphatic rings. The van der Waals surface area contributed by atoms with Gasteiger partial charge in [0, 0.05) is 23.2 Å². The highest BCUT2D eigenvalue weighted by molar-refractivity contribution is 8.00. The molecular formula is C16H25N3OS. The second kappa shape index (κ2) is 7.69. The lowest BCUT2D eigenvalue weighted by molar-refractivity contribution is -0.133. The van der Waals surface area contributed by atoms with Crippen LogP contribution in [-0.4, -0.2) is 33.6 Å². The Balaban J connectivity index is 1.97. The molecule has 0 unspecified atom stereocenters. The van der Waals surface area contributed by atoms with E-state index in [2.05, 4.69) is 23.7 Å². The smallest absolute Gasteiger partial charge is 0.233 e. The predicted molar refractivity (Wildman–Crippen MR) is 88.2 cm³/mol. The van der Waals surface area contributed by atoms with E-state index < -0.39 is 0 Å². The number of aromatic nitrogens is 1. The van der Waals surface area contributed by atoms with Crippen molar-refractivity contribution >= 4 is 23.4 Å². The number of anilines is 1. The van der Waals surface area contributed by atoms with Gasteiger partial charge in [-0.2, -0.15) is 0 Å². The molecule has 116 valence electrons. The molecule has 5 heteroatoms.